The zero-order valence-electron chi connectivity index (χ0n) is 8.26. The van der Waals surface area contributed by atoms with E-state index in [0.29, 0.717) is 6.07 Å². The van der Waals surface area contributed by atoms with Gasteiger partial charge in [-0.05, 0) is 6.07 Å². The standard InChI is InChI=1S/C8H4ClF3N2O4/c9-4-2(14-7(18)8(10,11)12)1-3(6(16)17)13-5(4)15/h1H,(H,16,17)(H2,13,14,15,18). The Morgan fingerprint density at radius 2 is 1.94 bits per heavy atom. The molecule has 0 aliphatic heterocycles. The number of rotatable bonds is 2. The molecular formula is C8H4ClF3N2O4. The molecule has 1 amide bonds. The van der Waals surface area contributed by atoms with Gasteiger partial charge in [-0.15, -0.1) is 0 Å². The summed E-state index contributed by atoms with van der Waals surface area (Å²) in [5.74, 6) is -3.96. The van der Waals surface area contributed by atoms with Gasteiger partial charge in [0.2, 0.25) is 0 Å². The Morgan fingerprint density at radius 1 is 1.39 bits per heavy atom. The maximum absolute atomic E-state index is 12.0. The number of carbonyl (C=O) groups is 2. The largest absolute Gasteiger partial charge is 0.477 e. The molecule has 0 aliphatic carbocycles. The number of halogens is 4. The Hall–Kier alpha value is -2.03. The maximum atomic E-state index is 12.0. The van der Waals surface area contributed by atoms with Crippen molar-refractivity contribution in [3.05, 3.63) is 27.1 Å². The van der Waals surface area contributed by atoms with Crippen molar-refractivity contribution < 1.29 is 27.9 Å². The van der Waals surface area contributed by atoms with E-state index in [-0.39, 0.29) is 0 Å². The van der Waals surface area contributed by atoms with E-state index >= 15 is 0 Å². The average Bonchev–Trinajstić information content (AvgIpc) is 2.22. The highest BCUT2D eigenvalue weighted by Gasteiger charge is 2.39. The second kappa shape index (κ2) is 4.69. The van der Waals surface area contributed by atoms with Crippen LogP contribution in [0.5, 0.6) is 0 Å². The summed E-state index contributed by atoms with van der Waals surface area (Å²) in [7, 11) is 0. The molecule has 3 N–H and O–H groups in total. The lowest BCUT2D eigenvalue weighted by Gasteiger charge is -2.09. The molecule has 1 aromatic rings. The van der Waals surface area contributed by atoms with Crippen molar-refractivity contribution in [2.45, 2.75) is 6.18 Å². The van der Waals surface area contributed by atoms with Gasteiger partial charge in [0.15, 0.2) is 0 Å². The zero-order chi connectivity index (χ0) is 14.1. The normalized spacial score (nSPS) is 11.1. The maximum Gasteiger partial charge on any atom is 0.471 e. The minimum Gasteiger partial charge on any atom is -0.477 e. The van der Waals surface area contributed by atoms with Crippen molar-refractivity contribution in [2.24, 2.45) is 0 Å². The first-order chi connectivity index (χ1) is 8.12. The van der Waals surface area contributed by atoms with Crippen molar-refractivity contribution in [1.29, 1.82) is 0 Å². The van der Waals surface area contributed by atoms with E-state index in [2.05, 4.69) is 0 Å². The number of aromatic amines is 1. The first-order valence-electron chi connectivity index (χ1n) is 4.17. The molecule has 18 heavy (non-hydrogen) atoms. The fourth-order valence-electron chi connectivity index (χ4n) is 0.943. The SMILES string of the molecule is O=C(O)c1cc(NC(=O)C(F)(F)F)c(Cl)c(=O)[nH]1. The van der Waals surface area contributed by atoms with Crippen LogP contribution in [0.1, 0.15) is 10.5 Å². The van der Waals surface area contributed by atoms with E-state index in [1.165, 1.54) is 5.32 Å². The van der Waals surface area contributed by atoms with Crippen molar-refractivity contribution in [3.63, 3.8) is 0 Å². The summed E-state index contributed by atoms with van der Waals surface area (Å²) in [6, 6.07) is 0.607. The van der Waals surface area contributed by atoms with Crippen LogP contribution >= 0.6 is 11.6 Å². The van der Waals surface area contributed by atoms with Gasteiger partial charge < -0.3 is 15.4 Å². The van der Waals surface area contributed by atoms with Crippen LogP contribution in [-0.2, 0) is 4.79 Å². The molecule has 0 atom stereocenters. The number of aromatic carboxylic acids is 1. The predicted octanol–water partition coefficient (Wildman–Crippen LogP) is 1.23. The summed E-state index contributed by atoms with van der Waals surface area (Å²) in [5.41, 5.74) is -2.57. The van der Waals surface area contributed by atoms with Crippen LogP contribution in [-0.4, -0.2) is 28.1 Å². The lowest BCUT2D eigenvalue weighted by atomic mass is 10.3. The van der Waals surface area contributed by atoms with Gasteiger partial charge in [0, 0.05) is 0 Å². The van der Waals surface area contributed by atoms with Crippen LogP contribution in [0.3, 0.4) is 0 Å². The summed E-state index contributed by atoms with van der Waals surface area (Å²) in [6.07, 6.45) is -5.19. The van der Waals surface area contributed by atoms with Gasteiger partial charge in [0.1, 0.15) is 10.7 Å². The molecule has 1 rings (SSSR count). The molecule has 0 radical (unpaired) electrons. The highest BCUT2D eigenvalue weighted by atomic mass is 35.5. The third-order valence-corrected chi connectivity index (χ3v) is 2.08. The van der Waals surface area contributed by atoms with Gasteiger partial charge in [-0.2, -0.15) is 13.2 Å². The zero-order valence-corrected chi connectivity index (χ0v) is 9.02. The number of alkyl halides is 3. The summed E-state index contributed by atoms with van der Waals surface area (Å²) in [4.78, 5) is 34.1. The van der Waals surface area contributed by atoms with E-state index < -0.39 is 40.0 Å². The molecule has 1 aromatic heterocycles. The van der Waals surface area contributed by atoms with Gasteiger partial charge in [-0.25, -0.2) is 4.79 Å². The van der Waals surface area contributed by atoms with E-state index in [4.69, 9.17) is 16.7 Å². The van der Waals surface area contributed by atoms with E-state index in [1.54, 1.807) is 0 Å². The summed E-state index contributed by atoms with van der Waals surface area (Å²) >= 11 is 5.35. The molecule has 0 fully saturated rings. The Morgan fingerprint density at radius 3 is 2.39 bits per heavy atom. The number of pyridine rings is 1. The quantitative estimate of drug-likeness (QED) is 0.760. The van der Waals surface area contributed by atoms with Crippen LogP contribution in [0.15, 0.2) is 10.9 Å². The molecule has 0 saturated heterocycles. The van der Waals surface area contributed by atoms with Crippen LogP contribution in [0, 0.1) is 0 Å². The lowest BCUT2D eigenvalue weighted by Crippen LogP contribution is -2.31. The van der Waals surface area contributed by atoms with Crippen molar-refractivity contribution in [1.82, 2.24) is 4.98 Å². The minimum atomic E-state index is -5.19. The van der Waals surface area contributed by atoms with Crippen molar-refractivity contribution >= 4 is 29.2 Å². The first-order valence-corrected chi connectivity index (χ1v) is 4.55. The Kier molecular flexibility index (Phi) is 3.65. The molecule has 0 unspecified atom stereocenters. The van der Waals surface area contributed by atoms with Gasteiger partial charge in [-0.3, -0.25) is 9.59 Å². The van der Waals surface area contributed by atoms with Gasteiger partial charge in [-0.1, -0.05) is 11.6 Å². The number of carboxylic acid groups (broad SMARTS) is 1. The fraction of sp³-hybridized carbons (Fsp3) is 0.125. The number of anilines is 1. The predicted molar refractivity (Wildman–Crippen MR) is 53.7 cm³/mol. The lowest BCUT2D eigenvalue weighted by molar-refractivity contribution is -0.167. The molecule has 0 saturated carbocycles. The molecule has 0 spiro atoms. The number of H-pyrrole nitrogens is 1. The number of carboxylic acids is 1. The summed E-state index contributed by atoms with van der Waals surface area (Å²) < 4.78 is 35.9. The number of hydrogen-bond donors (Lipinski definition) is 3. The number of carbonyl (C=O) groups excluding carboxylic acids is 1. The molecule has 0 aromatic carbocycles. The number of aromatic nitrogens is 1. The monoisotopic (exact) mass is 284 g/mol. The van der Waals surface area contributed by atoms with Gasteiger partial charge in [0.25, 0.3) is 5.56 Å². The molecule has 0 bridgehead atoms. The highest BCUT2D eigenvalue weighted by Crippen LogP contribution is 2.22. The van der Waals surface area contributed by atoms with Crippen LogP contribution in [0.2, 0.25) is 5.02 Å². The molecular weight excluding hydrogens is 281 g/mol. The second-order valence-corrected chi connectivity index (χ2v) is 3.37. The van der Waals surface area contributed by atoms with E-state index in [0.717, 1.165) is 0 Å². The minimum absolute atomic E-state index is 0.607. The van der Waals surface area contributed by atoms with Crippen LogP contribution in [0.4, 0.5) is 18.9 Å². The van der Waals surface area contributed by atoms with Gasteiger partial charge in [0.05, 0.1) is 5.69 Å². The topological polar surface area (TPSA) is 99.3 Å². The molecule has 98 valence electrons. The fourth-order valence-corrected chi connectivity index (χ4v) is 1.09. The highest BCUT2D eigenvalue weighted by molar-refractivity contribution is 6.33. The van der Waals surface area contributed by atoms with Crippen molar-refractivity contribution in [3.8, 4) is 0 Å². The Labute approximate surface area is 101 Å². The third-order valence-electron chi connectivity index (χ3n) is 1.71. The smallest absolute Gasteiger partial charge is 0.471 e. The molecule has 10 heteroatoms. The first kappa shape index (κ1) is 14.0. The van der Waals surface area contributed by atoms with Crippen LogP contribution in [0.25, 0.3) is 0 Å². The molecule has 6 nitrogen and oxygen atoms in total. The van der Waals surface area contributed by atoms with E-state index in [1.807, 2.05) is 4.98 Å². The second-order valence-electron chi connectivity index (χ2n) is 3.00. The Bertz CT molecular complexity index is 566. The van der Waals surface area contributed by atoms with Crippen LogP contribution < -0.4 is 10.9 Å². The van der Waals surface area contributed by atoms with Crippen molar-refractivity contribution in [2.75, 3.05) is 5.32 Å². The van der Waals surface area contributed by atoms with Gasteiger partial charge >= 0.3 is 18.1 Å². The van der Waals surface area contributed by atoms with E-state index in [9.17, 15) is 27.6 Å². The number of nitrogens with one attached hydrogen (secondary N) is 2. The third kappa shape index (κ3) is 3.00. The molecule has 1 heterocycles. The summed E-state index contributed by atoms with van der Waals surface area (Å²) in [6.45, 7) is 0. The summed E-state index contributed by atoms with van der Waals surface area (Å²) in [5, 5.41) is 9.13. The molecule has 0 aliphatic rings. The number of amides is 1. The Balaban J connectivity index is 3.21. The average molecular weight is 285 g/mol. The number of hydrogen-bond acceptors (Lipinski definition) is 3.